The molecule has 1 saturated heterocycles. The second-order valence-corrected chi connectivity index (χ2v) is 6.64. The lowest BCUT2D eigenvalue weighted by Gasteiger charge is -2.40. The number of amides is 2. The predicted molar refractivity (Wildman–Crippen MR) is 86.7 cm³/mol. The molecule has 2 amide bonds. The third-order valence-corrected chi connectivity index (χ3v) is 4.89. The van der Waals surface area contributed by atoms with E-state index in [0.29, 0.717) is 6.54 Å². The first kappa shape index (κ1) is 15.1. The van der Waals surface area contributed by atoms with Crippen LogP contribution in [0, 0.1) is 12.8 Å². The summed E-state index contributed by atoms with van der Waals surface area (Å²) in [5, 5.41) is 0. The zero-order chi connectivity index (χ0) is 15.7. The number of hydrogen-bond donors (Lipinski definition) is 0. The molecule has 1 aliphatic heterocycles. The van der Waals surface area contributed by atoms with Crippen molar-refractivity contribution >= 4 is 17.5 Å². The van der Waals surface area contributed by atoms with Crippen LogP contribution in [0.25, 0.3) is 0 Å². The summed E-state index contributed by atoms with van der Waals surface area (Å²) in [7, 11) is 0. The maximum Gasteiger partial charge on any atom is 0.246 e. The molecule has 4 nitrogen and oxygen atoms in total. The molecule has 1 atom stereocenters. The molecule has 1 heterocycles. The lowest BCUT2D eigenvalue weighted by Crippen LogP contribution is -2.58. The molecule has 0 N–H and O–H groups in total. The summed E-state index contributed by atoms with van der Waals surface area (Å²) in [6.07, 6.45) is 4.25. The highest BCUT2D eigenvalue weighted by Gasteiger charge is 2.36. The molecule has 1 saturated carbocycles. The van der Waals surface area contributed by atoms with Crippen molar-refractivity contribution in [2.45, 2.75) is 45.6 Å². The number of nitrogens with zero attached hydrogens (tertiary/aromatic N) is 2. The van der Waals surface area contributed by atoms with E-state index in [9.17, 15) is 9.59 Å². The maximum atomic E-state index is 12.6. The van der Waals surface area contributed by atoms with Crippen molar-refractivity contribution in [3.63, 3.8) is 0 Å². The van der Waals surface area contributed by atoms with Gasteiger partial charge in [-0.2, -0.15) is 0 Å². The van der Waals surface area contributed by atoms with Crippen LogP contribution in [0.15, 0.2) is 24.3 Å². The van der Waals surface area contributed by atoms with Gasteiger partial charge < -0.3 is 9.80 Å². The average Bonchev–Trinajstić information content (AvgIpc) is 3.03. The fraction of sp³-hybridized carbons (Fsp3) is 0.556. The zero-order valence-electron chi connectivity index (χ0n) is 13.4. The topological polar surface area (TPSA) is 40.6 Å². The minimum absolute atomic E-state index is 0.0232. The average molecular weight is 300 g/mol. The molecule has 4 heteroatoms. The number of aryl methyl sites for hydroxylation is 1. The summed E-state index contributed by atoms with van der Waals surface area (Å²) in [4.78, 5) is 28.7. The molecular formula is C18H24N2O2. The summed E-state index contributed by atoms with van der Waals surface area (Å²) < 4.78 is 0. The predicted octanol–water partition coefficient (Wildman–Crippen LogP) is 2.75. The third kappa shape index (κ3) is 2.87. The van der Waals surface area contributed by atoms with Gasteiger partial charge >= 0.3 is 0 Å². The van der Waals surface area contributed by atoms with Crippen LogP contribution in [0.1, 0.15) is 38.2 Å². The van der Waals surface area contributed by atoms with Crippen LogP contribution in [0.3, 0.4) is 0 Å². The molecule has 2 aliphatic rings. The quantitative estimate of drug-likeness (QED) is 0.842. The number of carbonyl (C=O) groups excluding carboxylic acids is 2. The van der Waals surface area contributed by atoms with E-state index in [4.69, 9.17) is 0 Å². The standard InChI is InChI=1S/C18H24N2O2/c1-13-6-5-9-16(10-13)20-11-14(2)19(12-17(20)21)18(22)15-7-3-4-8-15/h5-6,9-10,14-15H,3-4,7-8,11-12H2,1-2H3. The van der Waals surface area contributed by atoms with Crippen molar-refractivity contribution in [3.05, 3.63) is 29.8 Å². The van der Waals surface area contributed by atoms with Crippen LogP contribution < -0.4 is 4.90 Å². The summed E-state index contributed by atoms with van der Waals surface area (Å²) in [5.74, 6) is 0.345. The number of benzene rings is 1. The molecule has 22 heavy (non-hydrogen) atoms. The molecule has 1 aromatic carbocycles. The summed E-state index contributed by atoms with van der Waals surface area (Å²) in [6, 6.07) is 8.06. The molecule has 0 aromatic heterocycles. The first-order valence-corrected chi connectivity index (χ1v) is 8.24. The van der Waals surface area contributed by atoms with Gasteiger partial charge in [0, 0.05) is 24.2 Å². The number of carbonyl (C=O) groups is 2. The molecular weight excluding hydrogens is 276 g/mol. The van der Waals surface area contributed by atoms with E-state index < -0.39 is 0 Å². The maximum absolute atomic E-state index is 12.6. The largest absolute Gasteiger partial charge is 0.329 e. The van der Waals surface area contributed by atoms with Gasteiger partial charge in [-0.05, 0) is 44.4 Å². The highest BCUT2D eigenvalue weighted by molar-refractivity contribution is 5.98. The van der Waals surface area contributed by atoms with E-state index in [1.54, 1.807) is 4.90 Å². The van der Waals surface area contributed by atoms with Crippen LogP contribution >= 0.6 is 0 Å². The molecule has 0 bridgehead atoms. The number of rotatable bonds is 2. The van der Waals surface area contributed by atoms with Gasteiger partial charge in [0.1, 0.15) is 6.54 Å². The first-order chi connectivity index (χ1) is 10.6. The highest BCUT2D eigenvalue weighted by Crippen LogP contribution is 2.29. The Balaban J connectivity index is 1.73. The second kappa shape index (κ2) is 6.11. The highest BCUT2D eigenvalue weighted by atomic mass is 16.2. The smallest absolute Gasteiger partial charge is 0.246 e. The van der Waals surface area contributed by atoms with Crippen LogP contribution in [0.2, 0.25) is 0 Å². The van der Waals surface area contributed by atoms with E-state index in [0.717, 1.165) is 36.9 Å². The fourth-order valence-corrected chi connectivity index (χ4v) is 3.60. The Kier molecular flexibility index (Phi) is 4.19. The van der Waals surface area contributed by atoms with Crippen molar-refractivity contribution in [2.24, 2.45) is 5.92 Å². The van der Waals surface area contributed by atoms with Crippen molar-refractivity contribution in [2.75, 3.05) is 18.0 Å². The number of hydrogen-bond acceptors (Lipinski definition) is 2. The van der Waals surface area contributed by atoms with Gasteiger partial charge in [-0.25, -0.2) is 0 Å². The van der Waals surface area contributed by atoms with E-state index in [2.05, 4.69) is 0 Å². The van der Waals surface area contributed by atoms with Gasteiger partial charge in [-0.15, -0.1) is 0 Å². The Labute approximate surface area is 132 Å². The van der Waals surface area contributed by atoms with Crippen molar-refractivity contribution in [1.29, 1.82) is 0 Å². The van der Waals surface area contributed by atoms with E-state index >= 15 is 0 Å². The minimum atomic E-state index is 0.0232. The Morgan fingerprint density at radius 1 is 1.23 bits per heavy atom. The lowest BCUT2D eigenvalue weighted by molar-refractivity contribution is -0.142. The molecule has 1 aromatic rings. The molecule has 1 unspecified atom stereocenters. The molecule has 0 spiro atoms. The Morgan fingerprint density at radius 3 is 2.64 bits per heavy atom. The van der Waals surface area contributed by atoms with Crippen LogP contribution in [0.4, 0.5) is 5.69 Å². The Morgan fingerprint density at radius 2 is 1.95 bits per heavy atom. The normalized spacial score (nSPS) is 23.2. The van der Waals surface area contributed by atoms with Crippen molar-refractivity contribution in [3.8, 4) is 0 Å². The molecule has 1 aliphatic carbocycles. The molecule has 118 valence electrons. The van der Waals surface area contributed by atoms with Gasteiger partial charge in [0.2, 0.25) is 11.8 Å². The summed E-state index contributed by atoms with van der Waals surface area (Å²) >= 11 is 0. The van der Waals surface area contributed by atoms with Crippen LogP contribution in [-0.2, 0) is 9.59 Å². The van der Waals surface area contributed by atoms with Gasteiger partial charge in [-0.1, -0.05) is 25.0 Å². The van der Waals surface area contributed by atoms with Gasteiger partial charge in [-0.3, -0.25) is 9.59 Å². The van der Waals surface area contributed by atoms with Gasteiger partial charge in [0.05, 0.1) is 0 Å². The van der Waals surface area contributed by atoms with Crippen LogP contribution in [0.5, 0.6) is 0 Å². The van der Waals surface area contributed by atoms with Gasteiger partial charge in [0.25, 0.3) is 0 Å². The lowest BCUT2D eigenvalue weighted by atomic mass is 10.0. The minimum Gasteiger partial charge on any atom is -0.329 e. The fourth-order valence-electron chi connectivity index (χ4n) is 3.60. The molecule has 2 fully saturated rings. The monoisotopic (exact) mass is 300 g/mol. The van der Waals surface area contributed by atoms with Crippen molar-refractivity contribution in [1.82, 2.24) is 4.90 Å². The second-order valence-electron chi connectivity index (χ2n) is 6.64. The first-order valence-electron chi connectivity index (χ1n) is 8.24. The van der Waals surface area contributed by atoms with E-state index in [1.807, 2.05) is 43.0 Å². The van der Waals surface area contributed by atoms with Crippen molar-refractivity contribution < 1.29 is 9.59 Å². The number of anilines is 1. The van der Waals surface area contributed by atoms with E-state index in [-0.39, 0.29) is 30.3 Å². The molecule has 0 radical (unpaired) electrons. The summed E-state index contributed by atoms with van der Waals surface area (Å²) in [6.45, 7) is 4.87. The number of piperazine rings is 1. The Bertz CT molecular complexity index is 578. The Hall–Kier alpha value is -1.84. The third-order valence-electron chi connectivity index (χ3n) is 4.89. The van der Waals surface area contributed by atoms with Gasteiger partial charge in [0.15, 0.2) is 0 Å². The zero-order valence-corrected chi connectivity index (χ0v) is 13.4. The van der Waals surface area contributed by atoms with E-state index in [1.165, 1.54) is 0 Å². The SMILES string of the molecule is Cc1cccc(N2CC(C)N(C(=O)C3CCCC3)CC2=O)c1. The van der Waals surface area contributed by atoms with Crippen LogP contribution in [-0.4, -0.2) is 35.8 Å². The summed E-state index contributed by atoms with van der Waals surface area (Å²) in [5.41, 5.74) is 2.08. The molecule has 3 rings (SSSR count).